The van der Waals surface area contributed by atoms with E-state index < -0.39 is 16.7 Å². The van der Waals surface area contributed by atoms with E-state index in [4.69, 9.17) is 0 Å². The van der Waals surface area contributed by atoms with Gasteiger partial charge in [-0.25, -0.2) is 4.39 Å². The van der Waals surface area contributed by atoms with Gasteiger partial charge in [0.05, 0.1) is 4.92 Å². The molecular weight excluding hydrogens is 367 g/mol. The van der Waals surface area contributed by atoms with Gasteiger partial charge in [-0.2, -0.15) is 0 Å². The Bertz CT molecular complexity index is 909. The van der Waals surface area contributed by atoms with E-state index in [9.17, 15) is 24.1 Å². The van der Waals surface area contributed by atoms with Crippen LogP contribution in [0.1, 0.15) is 5.56 Å². The predicted molar refractivity (Wildman–Crippen MR) is 102 cm³/mol. The molecule has 2 amide bonds. The molecule has 1 fully saturated rings. The lowest BCUT2D eigenvalue weighted by molar-refractivity contribution is -0.384. The Balaban J connectivity index is 1.61. The van der Waals surface area contributed by atoms with Crippen LogP contribution in [0.4, 0.5) is 21.5 Å². The average molecular weight is 386 g/mol. The molecule has 1 saturated heterocycles. The Labute approximate surface area is 160 Å². The molecule has 1 N–H and O–H groups in total. The molecule has 8 nitrogen and oxygen atoms in total. The number of nitrogens with one attached hydrogen (secondary N) is 1. The number of amides is 2. The minimum atomic E-state index is -0.915. The van der Waals surface area contributed by atoms with Crippen LogP contribution >= 0.6 is 0 Å². The number of carbonyl (C=O) groups excluding carboxylic acids is 2. The average Bonchev–Trinajstić information content (AvgIpc) is 2.69. The normalized spacial score (nSPS) is 13.9. The number of hydrogen-bond donors (Lipinski definition) is 1. The molecule has 3 rings (SSSR count). The number of nitro groups is 1. The van der Waals surface area contributed by atoms with Gasteiger partial charge in [0.25, 0.3) is 5.69 Å². The quantitative estimate of drug-likeness (QED) is 0.496. The summed E-state index contributed by atoms with van der Waals surface area (Å²) in [6, 6.07) is 10.4. The van der Waals surface area contributed by atoms with Gasteiger partial charge in [-0.05, 0) is 42.8 Å². The predicted octanol–water partition coefficient (Wildman–Crippen LogP) is 2.33. The molecule has 0 bridgehead atoms. The molecule has 1 aliphatic rings. The van der Waals surface area contributed by atoms with E-state index >= 15 is 0 Å². The molecule has 1 aliphatic heterocycles. The summed E-state index contributed by atoms with van der Waals surface area (Å²) in [5, 5.41) is 13.5. The molecule has 0 spiro atoms. The Hall–Kier alpha value is -3.49. The Kier molecular flexibility index (Phi) is 5.53. The SMILES string of the molecule is Cc1ccc(NC(=O)C(=O)N2CCN(c3ccc(F)cc3)CC2)c([N+](=O)[O-])c1. The summed E-state index contributed by atoms with van der Waals surface area (Å²) >= 11 is 0. The molecule has 0 saturated carbocycles. The number of rotatable bonds is 3. The summed E-state index contributed by atoms with van der Waals surface area (Å²) in [4.78, 5) is 38.6. The highest BCUT2D eigenvalue weighted by atomic mass is 19.1. The van der Waals surface area contributed by atoms with Crippen molar-refractivity contribution in [2.24, 2.45) is 0 Å². The third kappa shape index (κ3) is 4.25. The van der Waals surface area contributed by atoms with Crippen molar-refractivity contribution in [1.82, 2.24) is 4.90 Å². The first-order valence-electron chi connectivity index (χ1n) is 8.71. The van der Waals surface area contributed by atoms with Crippen molar-refractivity contribution in [2.75, 3.05) is 36.4 Å². The molecule has 0 aliphatic carbocycles. The fraction of sp³-hybridized carbons (Fsp3) is 0.263. The molecule has 0 aromatic heterocycles. The van der Waals surface area contributed by atoms with Crippen LogP contribution in [0, 0.1) is 22.9 Å². The van der Waals surface area contributed by atoms with Crippen molar-refractivity contribution in [3.8, 4) is 0 Å². The van der Waals surface area contributed by atoms with Crippen LogP contribution in [-0.4, -0.2) is 47.8 Å². The molecule has 9 heteroatoms. The first-order chi connectivity index (χ1) is 13.3. The number of aryl methyl sites for hydroxylation is 1. The number of carbonyl (C=O) groups is 2. The number of benzene rings is 2. The summed E-state index contributed by atoms with van der Waals surface area (Å²) in [6.45, 7) is 3.33. The fourth-order valence-corrected chi connectivity index (χ4v) is 3.04. The zero-order chi connectivity index (χ0) is 20.3. The van der Waals surface area contributed by atoms with Crippen molar-refractivity contribution >= 4 is 28.9 Å². The minimum absolute atomic E-state index is 0.0149. The number of nitrogens with zero attached hydrogens (tertiary/aromatic N) is 3. The Morgan fingerprint density at radius 2 is 1.71 bits per heavy atom. The smallest absolute Gasteiger partial charge is 0.314 e. The van der Waals surface area contributed by atoms with Gasteiger partial charge in [0.2, 0.25) is 0 Å². The molecule has 146 valence electrons. The number of anilines is 2. The van der Waals surface area contributed by atoms with E-state index in [0.717, 1.165) is 5.69 Å². The van der Waals surface area contributed by atoms with Crippen molar-refractivity contribution < 1.29 is 18.9 Å². The van der Waals surface area contributed by atoms with Crippen LogP contribution in [0.25, 0.3) is 0 Å². The maximum absolute atomic E-state index is 13.0. The fourth-order valence-electron chi connectivity index (χ4n) is 3.04. The summed E-state index contributed by atoms with van der Waals surface area (Å²) in [5.74, 6) is -1.98. The summed E-state index contributed by atoms with van der Waals surface area (Å²) in [6.07, 6.45) is 0. The van der Waals surface area contributed by atoms with Gasteiger partial charge in [-0.3, -0.25) is 19.7 Å². The van der Waals surface area contributed by atoms with Crippen LogP contribution < -0.4 is 10.2 Å². The van der Waals surface area contributed by atoms with Crippen LogP contribution in [-0.2, 0) is 9.59 Å². The van der Waals surface area contributed by atoms with Gasteiger partial charge in [0.1, 0.15) is 11.5 Å². The Morgan fingerprint density at radius 3 is 2.32 bits per heavy atom. The summed E-state index contributed by atoms with van der Waals surface area (Å²) in [7, 11) is 0. The largest absolute Gasteiger partial charge is 0.368 e. The lowest BCUT2D eigenvalue weighted by Crippen LogP contribution is -2.51. The molecule has 1 heterocycles. The van der Waals surface area contributed by atoms with E-state index in [-0.39, 0.29) is 17.2 Å². The zero-order valence-electron chi connectivity index (χ0n) is 15.2. The molecule has 0 radical (unpaired) electrons. The van der Waals surface area contributed by atoms with Gasteiger partial charge < -0.3 is 15.1 Å². The number of nitro benzene ring substituents is 1. The first-order valence-corrected chi connectivity index (χ1v) is 8.71. The zero-order valence-corrected chi connectivity index (χ0v) is 15.2. The lowest BCUT2D eigenvalue weighted by Gasteiger charge is -2.35. The van der Waals surface area contributed by atoms with Gasteiger partial charge >= 0.3 is 11.8 Å². The van der Waals surface area contributed by atoms with Crippen LogP contribution in [0.2, 0.25) is 0 Å². The van der Waals surface area contributed by atoms with Gasteiger partial charge in [-0.15, -0.1) is 0 Å². The number of piperazine rings is 1. The van der Waals surface area contributed by atoms with Crippen molar-refractivity contribution in [3.63, 3.8) is 0 Å². The van der Waals surface area contributed by atoms with Gasteiger partial charge in [0, 0.05) is 37.9 Å². The second kappa shape index (κ2) is 8.03. The molecular formula is C19H19FN4O4. The maximum atomic E-state index is 13.0. The highest BCUT2D eigenvalue weighted by molar-refractivity contribution is 6.39. The van der Waals surface area contributed by atoms with Crippen molar-refractivity contribution in [2.45, 2.75) is 6.92 Å². The van der Waals surface area contributed by atoms with Gasteiger partial charge in [-0.1, -0.05) is 6.07 Å². The van der Waals surface area contributed by atoms with Crippen LogP contribution in [0.5, 0.6) is 0 Å². The van der Waals surface area contributed by atoms with Crippen molar-refractivity contribution in [3.05, 3.63) is 64.0 Å². The monoisotopic (exact) mass is 386 g/mol. The Morgan fingerprint density at radius 1 is 1.07 bits per heavy atom. The third-order valence-corrected chi connectivity index (χ3v) is 4.55. The summed E-state index contributed by atoms with van der Waals surface area (Å²) in [5.41, 5.74) is 1.24. The minimum Gasteiger partial charge on any atom is -0.368 e. The van der Waals surface area contributed by atoms with E-state index in [0.29, 0.717) is 31.7 Å². The summed E-state index contributed by atoms with van der Waals surface area (Å²) < 4.78 is 13.0. The third-order valence-electron chi connectivity index (χ3n) is 4.55. The number of halogens is 1. The second-order valence-corrected chi connectivity index (χ2v) is 6.49. The molecule has 0 unspecified atom stereocenters. The highest BCUT2D eigenvalue weighted by Gasteiger charge is 2.27. The van der Waals surface area contributed by atoms with E-state index in [2.05, 4.69) is 5.32 Å². The van der Waals surface area contributed by atoms with Crippen LogP contribution in [0.3, 0.4) is 0 Å². The molecule has 2 aromatic rings. The standard InChI is InChI=1S/C19H19FN4O4/c1-13-2-7-16(17(12-13)24(27)28)21-18(25)19(26)23-10-8-22(9-11-23)15-5-3-14(20)4-6-15/h2-7,12H,8-11H2,1H3,(H,21,25). The van der Waals surface area contributed by atoms with E-state index in [1.807, 2.05) is 4.90 Å². The maximum Gasteiger partial charge on any atom is 0.314 e. The molecule has 2 aromatic carbocycles. The molecule has 28 heavy (non-hydrogen) atoms. The number of hydrogen-bond acceptors (Lipinski definition) is 5. The van der Waals surface area contributed by atoms with E-state index in [1.165, 1.54) is 29.2 Å². The first kappa shape index (κ1) is 19.3. The second-order valence-electron chi connectivity index (χ2n) is 6.49. The van der Waals surface area contributed by atoms with E-state index in [1.54, 1.807) is 25.1 Å². The van der Waals surface area contributed by atoms with Gasteiger partial charge in [0.15, 0.2) is 0 Å². The van der Waals surface area contributed by atoms with Crippen molar-refractivity contribution in [1.29, 1.82) is 0 Å². The highest BCUT2D eigenvalue weighted by Crippen LogP contribution is 2.25. The lowest BCUT2D eigenvalue weighted by atomic mass is 10.2. The molecule has 0 atom stereocenters. The topological polar surface area (TPSA) is 95.8 Å². The van der Waals surface area contributed by atoms with Crippen LogP contribution in [0.15, 0.2) is 42.5 Å².